The highest BCUT2D eigenvalue weighted by Crippen LogP contribution is 2.15. The maximum Gasteiger partial charge on any atom is 0.330 e. The smallest absolute Gasteiger partial charge is 0.330 e. The van der Waals surface area contributed by atoms with Gasteiger partial charge < -0.3 is 14.2 Å². The van der Waals surface area contributed by atoms with Crippen LogP contribution in [-0.2, 0) is 16.1 Å². The van der Waals surface area contributed by atoms with Crippen LogP contribution >= 0.6 is 0 Å². The largest absolute Gasteiger partial charge is 0.490 e. The zero-order chi connectivity index (χ0) is 21.0. The number of hydrogen-bond acceptors (Lipinski definition) is 6. The molecule has 0 saturated heterocycles. The van der Waals surface area contributed by atoms with Crippen LogP contribution < -0.4 is 9.47 Å². The van der Waals surface area contributed by atoms with E-state index in [4.69, 9.17) is 19.5 Å². The second-order valence-corrected chi connectivity index (χ2v) is 6.20. The molecule has 6 heteroatoms. The van der Waals surface area contributed by atoms with Gasteiger partial charge in [0.05, 0.1) is 11.6 Å². The molecule has 2 aromatic carbocycles. The van der Waals surface area contributed by atoms with Crippen molar-refractivity contribution in [2.75, 3.05) is 13.2 Å². The predicted octanol–water partition coefficient (Wildman–Crippen LogP) is 4.17. The number of nitriles is 1. The first-order chi connectivity index (χ1) is 14.7. The molecule has 0 unspecified atom stereocenters. The van der Waals surface area contributed by atoms with Gasteiger partial charge in [0.1, 0.15) is 31.3 Å². The fourth-order valence-corrected chi connectivity index (χ4v) is 2.47. The number of esters is 1. The van der Waals surface area contributed by atoms with Crippen molar-refractivity contribution in [3.63, 3.8) is 0 Å². The van der Waals surface area contributed by atoms with Crippen LogP contribution in [0.1, 0.15) is 16.7 Å². The number of nitrogens with zero attached hydrogens (tertiary/aromatic N) is 2. The summed E-state index contributed by atoms with van der Waals surface area (Å²) in [4.78, 5) is 15.9. The molecule has 0 atom stereocenters. The maximum absolute atomic E-state index is 11.8. The minimum atomic E-state index is -0.449. The molecule has 3 aromatic rings. The number of pyridine rings is 1. The van der Waals surface area contributed by atoms with Gasteiger partial charge in [-0.1, -0.05) is 18.2 Å². The lowest BCUT2D eigenvalue weighted by atomic mass is 10.2. The molecule has 0 saturated carbocycles. The van der Waals surface area contributed by atoms with Crippen LogP contribution in [0.5, 0.6) is 11.5 Å². The van der Waals surface area contributed by atoms with Crippen molar-refractivity contribution in [2.24, 2.45) is 0 Å². The van der Waals surface area contributed by atoms with E-state index in [0.29, 0.717) is 17.9 Å². The molecule has 0 amide bonds. The second kappa shape index (κ2) is 11.0. The lowest BCUT2D eigenvalue weighted by Gasteiger charge is -2.06. The van der Waals surface area contributed by atoms with E-state index in [9.17, 15) is 4.79 Å². The SMILES string of the molecule is N#Cc1ccc(OCCOC(=O)/C=C/c2ccc(OCc3cccnc3)cc2)cc1. The van der Waals surface area contributed by atoms with Crippen molar-refractivity contribution < 1.29 is 19.0 Å². The lowest BCUT2D eigenvalue weighted by Crippen LogP contribution is -2.10. The fourth-order valence-electron chi connectivity index (χ4n) is 2.47. The zero-order valence-corrected chi connectivity index (χ0v) is 16.2. The molecule has 30 heavy (non-hydrogen) atoms. The Morgan fingerprint density at radius 2 is 1.70 bits per heavy atom. The van der Waals surface area contributed by atoms with Gasteiger partial charge in [-0.05, 0) is 54.1 Å². The Labute approximate surface area is 175 Å². The highest BCUT2D eigenvalue weighted by atomic mass is 16.6. The number of rotatable bonds is 9. The van der Waals surface area contributed by atoms with Gasteiger partial charge in [-0.2, -0.15) is 5.26 Å². The minimum Gasteiger partial charge on any atom is -0.490 e. The Morgan fingerprint density at radius 3 is 2.40 bits per heavy atom. The highest BCUT2D eigenvalue weighted by molar-refractivity contribution is 5.87. The van der Waals surface area contributed by atoms with Crippen molar-refractivity contribution >= 4 is 12.0 Å². The Kier molecular flexibility index (Phi) is 7.58. The van der Waals surface area contributed by atoms with E-state index in [1.54, 1.807) is 42.7 Å². The molecule has 0 aliphatic rings. The summed E-state index contributed by atoms with van der Waals surface area (Å²) in [5, 5.41) is 8.75. The van der Waals surface area contributed by atoms with Crippen LogP contribution in [0.2, 0.25) is 0 Å². The van der Waals surface area contributed by atoms with E-state index < -0.39 is 5.97 Å². The molecule has 1 aromatic heterocycles. The van der Waals surface area contributed by atoms with Gasteiger partial charge in [-0.15, -0.1) is 0 Å². The molecule has 0 aliphatic carbocycles. The number of ether oxygens (including phenoxy) is 3. The van der Waals surface area contributed by atoms with Crippen LogP contribution in [0.15, 0.2) is 79.1 Å². The Bertz CT molecular complexity index is 1010. The van der Waals surface area contributed by atoms with Gasteiger partial charge >= 0.3 is 5.97 Å². The Morgan fingerprint density at radius 1 is 0.967 bits per heavy atom. The molecule has 3 rings (SSSR count). The van der Waals surface area contributed by atoms with Crippen LogP contribution in [0.3, 0.4) is 0 Å². The summed E-state index contributed by atoms with van der Waals surface area (Å²) in [5.74, 6) is 0.903. The second-order valence-electron chi connectivity index (χ2n) is 6.20. The number of carbonyl (C=O) groups excluding carboxylic acids is 1. The summed E-state index contributed by atoms with van der Waals surface area (Å²) in [6.45, 7) is 0.804. The molecule has 0 radical (unpaired) electrons. The predicted molar refractivity (Wildman–Crippen MR) is 112 cm³/mol. The van der Waals surface area contributed by atoms with Crippen LogP contribution in [0.4, 0.5) is 0 Å². The third-order valence-corrected chi connectivity index (χ3v) is 4.00. The van der Waals surface area contributed by atoms with E-state index in [2.05, 4.69) is 4.98 Å². The van der Waals surface area contributed by atoms with Crippen molar-refractivity contribution in [1.29, 1.82) is 5.26 Å². The average Bonchev–Trinajstić information content (AvgIpc) is 2.81. The Hall–Kier alpha value is -4.11. The Balaban J connectivity index is 1.37. The molecule has 0 aliphatic heterocycles. The molecule has 1 heterocycles. The van der Waals surface area contributed by atoms with E-state index in [-0.39, 0.29) is 13.2 Å². The molecule has 0 bridgehead atoms. The third kappa shape index (κ3) is 6.80. The first-order valence-electron chi connectivity index (χ1n) is 9.32. The molecular formula is C24H20N2O4. The van der Waals surface area contributed by atoms with Crippen molar-refractivity contribution in [3.05, 3.63) is 95.8 Å². The molecule has 6 nitrogen and oxygen atoms in total. The normalized spacial score (nSPS) is 10.4. The van der Waals surface area contributed by atoms with Crippen LogP contribution in [0, 0.1) is 11.3 Å². The van der Waals surface area contributed by atoms with Gasteiger partial charge in [-0.25, -0.2) is 4.79 Å². The summed E-state index contributed by atoms with van der Waals surface area (Å²) < 4.78 is 16.3. The average molecular weight is 400 g/mol. The van der Waals surface area contributed by atoms with Gasteiger partial charge in [0.15, 0.2) is 0 Å². The lowest BCUT2D eigenvalue weighted by molar-refractivity contribution is -0.138. The summed E-state index contributed by atoms with van der Waals surface area (Å²) in [6, 6.07) is 20.0. The van der Waals surface area contributed by atoms with E-state index in [1.807, 2.05) is 42.5 Å². The van der Waals surface area contributed by atoms with Crippen molar-refractivity contribution in [1.82, 2.24) is 4.98 Å². The number of carbonyl (C=O) groups is 1. The summed E-state index contributed by atoms with van der Waals surface area (Å²) in [7, 11) is 0. The van der Waals surface area contributed by atoms with Crippen molar-refractivity contribution in [2.45, 2.75) is 6.61 Å². The molecule has 0 spiro atoms. The first kappa shape index (κ1) is 20.6. The third-order valence-electron chi connectivity index (χ3n) is 4.00. The number of aromatic nitrogens is 1. The summed E-state index contributed by atoms with van der Waals surface area (Å²) in [5.41, 5.74) is 2.41. The maximum atomic E-state index is 11.8. The van der Waals surface area contributed by atoms with Gasteiger partial charge in [-0.3, -0.25) is 4.98 Å². The molecule has 0 N–H and O–H groups in total. The fraction of sp³-hybridized carbons (Fsp3) is 0.125. The van der Waals surface area contributed by atoms with Gasteiger partial charge in [0, 0.05) is 24.0 Å². The molecule has 150 valence electrons. The number of benzene rings is 2. The van der Waals surface area contributed by atoms with Crippen LogP contribution in [-0.4, -0.2) is 24.2 Å². The van der Waals surface area contributed by atoms with E-state index >= 15 is 0 Å². The monoisotopic (exact) mass is 400 g/mol. The molecule has 0 fully saturated rings. The number of hydrogen-bond donors (Lipinski definition) is 0. The van der Waals surface area contributed by atoms with Crippen LogP contribution in [0.25, 0.3) is 6.08 Å². The summed E-state index contributed by atoms with van der Waals surface area (Å²) in [6.07, 6.45) is 6.53. The topological polar surface area (TPSA) is 81.4 Å². The van der Waals surface area contributed by atoms with Gasteiger partial charge in [0.25, 0.3) is 0 Å². The van der Waals surface area contributed by atoms with Crippen molar-refractivity contribution in [3.8, 4) is 17.6 Å². The zero-order valence-electron chi connectivity index (χ0n) is 16.2. The summed E-state index contributed by atoms with van der Waals surface area (Å²) >= 11 is 0. The standard InChI is InChI=1S/C24H20N2O4/c25-16-20-5-10-22(11-6-20)28-14-15-29-24(27)12-7-19-3-8-23(9-4-19)30-18-21-2-1-13-26-17-21/h1-13,17H,14-15,18H2/b12-7+. The van der Waals surface area contributed by atoms with E-state index in [1.165, 1.54) is 6.08 Å². The molecular weight excluding hydrogens is 380 g/mol. The van der Waals surface area contributed by atoms with E-state index in [0.717, 1.165) is 16.9 Å². The van der Waals surface area contributed by atoms with Gasteiger partial charge in [0.2, 0.25) is 0 Å². The minimum absolute atomic E-state index is 0.129. The quantitative estimate of drug-likeness (QED) is 0.305. The highest BCUT2D eigenvalue weighted by Gasteiger charge is 2.00. The first-order valence-corrected chi connectivity index (χ1v) is 9.32.